The molecule has 0 spiro atoms. The van der Waals surface area contributed by atoms with Gasteiger partial charge in [-0.05, 0) is 6.92 Å². The molecule has 0 aromatic rings. The monoisotopic (exact) mass is 216 g/mol. The molecule has 0 radical (unpaired) electrons. The first-order valence-electron chi connectivity index (χ1n) is 4.57. The second-order valence-electron chi connectivity index (χ2n) is 3.21. The predicted octanol–water partition coefficient (Wildman–Crippen LogP) is -0.921. The lowest BCUT2D eigenvalue weighted by Gasteiger charge is -2.28. The fraction of sp³-hybridized carbons (Fsp3) is 0.750. The average Bonchev–Trinajstić information content (AvgIpc) is 2.57. The third kappa shape index (κ3) is 1.59. The maximum atomic E-state index is 11.4. The van der Waals surface area contributed by atoms with Gasteiger partial charge in [0.25, 0.3) is 0 Å². The molecule has 1 amide bonds. The molecule has 0 saturated carbocycles. The van der Waals surface area contributed by atoms with Crippen molar-refractivity contribution in [2.45, 2.75) is 24.4 Å². The van der Waals surface area contributed by atoms with E-state index in [0.29, 0.717) is 6.61 Å². The van der Waals surface area contributed by atoms with Crippen molar-refractivity contribution >= 4 is 23.6 Å². The summed E-state index contributed by atoms with van der Waals surface area (Å²) in [5, 5.41) is 5.71. The third-order valence-corrected chi connectivity index (χ3v) is 3.56. The number of carbonyl (C=O) groups is 2. The molecule has 2 heterocycles. The molecule has 0 aliphatic carbocycles. The van der Waals surface area contributed by atoms with E-state index in [0.717, 1.165) is 5.75 Å². The van der Waals surface area contributed by atoms with Gasteiger partial charge in [0, 0.05) is 5.75 Å². The van der Waals surface area contributed by atoms with E-state index in [1.165, 1.54) is 0 Å². The Labute approximate surface area is 85.9 Å². The maximum Gasteiger partial charge on any atom is 0.331 e. The van der Waals surface area contributed by atoms with Gasteiger partial charge in [0.15, 0.2) is 6.04 Å². The summed E-state index contributed by atoms with van der Waals surface area (Å²) < 4.78 is 4.87. The number of piperazine rings is 1. The van der Waals surface area contributed by atoms with Crippen molar-refractivity contribution in [3.8, 4) is 0 Å². The molecule has 2 aliphatic rings. The van der Waals surface area contributed by atoms with Gasteiger partial charge in [-0.1, -0.05) is 0 Å². The van der Waals surface area contributed by atoms with Crippen molar-refractivity contribution in [2.75, 3.05) is 12.4 Å². The van der Waals surface area contributed by atoms with Gasteiger partial charge in [-0.15, -0.1) is 11.8 Å². The molecule has 2 N–H and O–H groups in total. The maximum absolute atomic E-state index is 11.4. The summed E-state index contributed by atoms with van der Waals surface area (Å²) in [6.45, 7) is 2.09. The lowest BCUT2D eigenvalue weighted by Crippen LogP contribution is -2.62. The Morgan fingerprint density at radius 3 is 3.21 bits per heavy atom. The normalized spacial score (nSPS) is 35.2. The van der Waals surface area contributed by atoms with Crippen molar-refractivity contribution < 1.29 is 14.3 Å². The molecule has 14 heavy (non-hydrogen) atoms. The van der Waals surface area contributed by atoms with E-state index in [1.807, 2.05) is 0 Å². The number of nitrogens with one attached hydrogen (secondary N) is 2. The zero-order valence-electron chi connectivity index (χ0n) is 7.78. The molecule has 78 valence electrons. The summed E-state index contributed by atoms with van der Waals surface area (Å²) in [4.78, 5) is 22.8. The Bertz CT molecular complexity index is 271. The van der Waals surface area contributed by atoms with Crippen molar-refractivity contribution in [3.63, 3.8) is 0 Å². The van der Waals surface area contributed by atoms with Crippen LogP contribution in [0.5, 0.6) is 0 Å². The Kier molecular flexibility index (Phi) is 2.64. The van der Waals surface area contributed by atoms with Crippen LogP contribution >= 0.6 is 11.8 Å². The lowest BCUT2D eigenvalue weighted by atomic mass is 10.1. The largest absolute Gasteiger partial charge is 0.464 e. The van der Waals surface area contributed by atoms with E-state index < -0.39 is 6.04 Å². The molecule has 1 unspecified atom stereocenters. The van der Waals surface area contributed by atoms with Crippen LogP contribution in [0.15, 0.2) is 0 Å². The summed E-state index contributed by atoms with van der Waals surface area (Å²) in [7, 11) is 0. The number of rotatable bonds is 2. The van der Waals surface area contributed by atoms with Crippen LogP contribution in [0.2, 0.25) is 0 Å². The van der Waals surface area contributed by atoms with Crippen LogP contribution in [0, 0.1) is 0 Å². The highest BCUT2D eigenvalue weighted by Gasteiger charge is 2.44. The van der Waals surface area contributed by atoms with Gasteiger partial charge in [-0.2, -0.15) is 0 Å². The first kappa shape index (κ1) is 9.79. The van der Waals surface area contributed by atoms with Gasteiger partial charge in [0.05, 0.1) is 18.0 Å². The summed E-state index contributed by atoms with van der Waals surface area (Å²) in [5.74, 6) is 0.266. The van der Waals surface area contributed by atoms with Crippen molar-refractivity contribution in [1.82, 2.24) is 10.6 Å². The number of fused-ring (bicyclic) bond motifs is 2. The van der Waals surface area contributed by atoms with Gasteiger partial charge < -0.3 is 10.1 Å². The summed E-state index contributed by atoms with van der Waals surface area (Å²) in [6.07, 6.45) is 0. The fourth-order valence-corrected chi connectivity index (χ4v) is 2.86. The first-order valence-corrected chi connectivity index (χ1v) is 5.62. The second-order valence-corrected chi connectivity index (χ2v) is 4.39. The molecule has 2 rings (SSSR count). The minimum Gasteiger partial charge on any atom is -0.464 e. The lowest BCUT2D eigenvalue weighted by molar-refractivity contribution is -0.148. The van der Waals surface area contributed by atoms with Crippen LogP contribution in [0.1, 0.15) is 6.92 Å². The average molecular weight is 216 g/mol. The van der Waals surface area contributed by atoms with Gasteiger partial charge in [0.1, 0.15) is 0 Å². The molecule has 0 aromatic heterocycles. The highest BCUT2D eigenvalue weighted by Crippen LogP contribution is 2.25. The van der Waals surface area contributed by atoms with E-state index in [2.05, 4.69) is 10.6 Å². The van der Waals surface area contributed by atoms with Crippen LogP contribution in [-0.2, 0) is 14.3 Å². The van der Waals surface area contributed by atoms with Crippen molar-refractivity contribution in [2.24, 2.45) is 0 Å². The van der Waals surface area contributed by atoms with Crippen molar-refractivity contribution in [1.29, 1.82) is 0 Å². The Morgan fingerprint density at radius 1 is 1.71 bits per heavy atom. The van der Waals surface area contributed by atoms with Gasteiger partial charge in [-0.25, -0.2) is 4.79 Å². The summed E-state index contributed by atoms with van der Waals surface area (Å²) >= 11 is 1.58. The smallest absolute Gasteiger partial charge is 0.331 e. The SMILES string of the molecule is CCOC(=O)[C@H]1NC(=O)[C@@H]2CSC1N2. The topological polar surface area (TPSA) is 67.4 Å². The molecule has 2 aliphatic heterocycles. The first-order chi connectivity index (χ1) is 6.72. The fourth-order valence-electron chi connectivity index (χ4n) is 1.58. The number of hydrogen-bond donors (Lipinski definition) is 2. The molecule has 2 fully saturated rings. The van der Waals surface area contributed by atoms with Crippen LogP contribution in [-0.4, -0.2) is 41.7 Å². The Hall–Kier alpha value is -0.750. The zero-order valence-corrected chi connectivity index (χ0v) is 8.60. The molecule has 0 aromatic carbocycles. The number of amides is 1. The molecular formula is C8H12N2O3S. The van der Waals surface area contributed by atoms with Gasteiger partial charge in [0.2, 0.25) is 5.91 Å². The van der Waals surface area contributed by atoms with E-state index in [4.69, 9.17) is 4.74 Å². The standard InChI is InChI=1S/C8H12N2O3S/c1-2-13-8(12)5-7-9-4(3-14-7)6(11)10-5/h4-5,7,9H,2-3H2,1H3,(H,10,11)/t4-,5-,7?/m0/s1. The van der Waals surface area contributed by atoms with Crippen LogP contribution in [0.3, 0.4) is 0 Å². The van der Waals surface area contributed by atoms with E-state index in [9.17, 15) is 9.59 Å². The number of esters is 1. The van der Waals surface area contributed by atoms with E-state index >= 15 is 0 Å². The second kappa shape index (κ2) is 3.78. The number of hydrogen-bond acceptors (Lipinski definition) is 5. The van der Waals surface area contributed by atoms with E-state index in [1.54, 1.807) is 18.7 Å². The number of thioether (sulfide) groups is 1. The summed E-state index contributed by atoms with van der Waals surface area (Å²) in [5.41, 5.74) is 0. The highest BCUT2D eigenvalue weighted by atomic mass is 32.2. The molecular weight excluding hydrogens is 204 g/mol. The molecule has 5 nitrogen and oxygen atoms in total. The minimum absolute atomic E-state index is 0.0308. The molecule has 2 bridgehead atoms. The quantitative estimate of drug-likeness (QED) is 0.584. The molecule has 2 saturated heterocycles. The molecule has 3 atom stereocenters. The summed E-state index contributed by atoms with van der Waals surface area (Å²) in [6, 6.07) is -0.679. The van der Waals surface area contributed by atoms with E-state index in [-0.39, 0.29) is 23.3 Å². The third-order valence-electron chi connectivity index (χ3n) is 2.27. The van der Waals surface area contributed by atoms with Crippen LogP contribution < -0.4 is 10.6 Å². The Morgan fingerprint density at radius 2 is 2.50 bits per heavy atom. The van der Waals surface area contributed by atoms with Gasteiger partial charge in [-0.3, -0.25) is 10.1 Å². The van der Waals surface area contributed by atoms with Crippen LogP contribution in [0.4, 0.5) is 0 Å². The highest BCUT2D eigenvalue weighted by molar-refractivity contribution is 8.00. The minimum atomic E-state index is -0.536. The molecule has 6 heteroatoms. The number of ether oxygens (including phenoxy) is 1. The van der Waals surface area contributed by atoms with Gasteiger partial charge >= 0.3 is 5.97 Å². The Balaban J connectivity index is 2.05. The predicted molar refractivity (Wildman–Crippen MR) is 51.7 cm³/mol. The van der Waals surface area contributed by atoms with Crippen LogP contribution in [0.25, 0.3) is 0 Å². The van der Waals surface area contributed by atoms with Crippen molar-refractivity contribution in [3.05, 3.63) is 0 Å². The zero-order chi connectivity index (χ0) is 10.1. The number of carbonyl (C=O) groups excluding carboxylic acids is 2.